The van der Waals surface area contributed by atoms with Crippen LogP contribution in [0.4, 0.5) is 0 Å². The Balaban J connectivity index is 3.60. The van der Waals surface area contributed by atoms with Crippen molar-refractivity contribution in [3.8, 4) is 0 Å². The van der Waals surface area contributed by atoms with Gasteiger partial charge in [-0.2, -0.15) is 0 Å². The van der Waals surface area contributed by atoms with E-state index in [2.05, 4.69) is 34.6 Å². The molecule has 1 nitrogen and oxygen atoms in total. The average Bonchev–Trinajstić information content (AvgIpc) is 2.11. The fourth-order valence-electron chi connectivity index (χ4n) is 2.16. The van der Waals surface area contributed by atoms with Crippen molar-refractivity contribution in [3.63, 3.8) is 0 Å². The van der Waals surface area contributed by atoms with E-state index < -0.39 is 0 Å². The number of aliphatic hydroxyl groups excluding tert-OH is 1. The maximum Gasteiger partial charge on any atom is 0.0767 e. The second kappa shape index (κ2) is 3.74. The van der Waals surface area contributed by atoms with Gasteiger partial charge < -0.3 is 5.11 Å². The first kappa shape index (κ1) is 11.3. The molecule has 0 saturated carbocycles. The molecule has 0 spiro atoms. The summed E-state index contributed by atoms with van der Waals surface area (Å²) in [6.45, 7) is 12.4. The van der Waals surface area contributed by atoms with E-state index in [1.54, 1.807) is 0 Å². The molecule has 0 aromatic heterocycles. The van der Waals surface area contributed by atoms with Crippen LogP contribution in [0.15, 0.2) is 0 Å². The van der Waals surface area contributed by atoms with Crippen molar-refractivity contribution >= 4 is 0 Å². The summed E-state index contributed by atoms with van der Waals surface area (Å²) in [4.78, 5) is 0. The Labute approximate surface area is 86.8 Å². The Morgan fingerprint density at radius 2 is 1.00 bits per heavy atom. The molecule has 78 valence electrons. The van der Waals surface area contributed by atoms with Crippen LogP contribution in [0.1, 0.15) is 46.4 Å². The zero-order valence-electron chi connectivity index (χ0n) is 10.0. The summed E-state index contributed by atoms with van der Waals surface area (Å²) in [7, 11) is 0. The first-order valence-electron chi connectivity index (χ1n) is 5.12. The molecule has 1 N–H and O–H groups in total. The van der Waals surface area contributed by atoms with Gasteiger partial charge in [0.15, 0.2) is 0 Å². The fourth-order valence-corrected chi connectivity index (χ4v) is 2.16. The van der Waals surface area contributed by atoms with E-state index in [-0.39, 0.29) is 6.10 Å². The van der Waals surface area contributed by atoms with Crippen LogP contribution in [-0.2, 0) is 0 Å². The van der Waals surface area contributed by atoms with Gasteiger partial charge in [0.1, 0.15) is 0 Å². The topological polar surface area (TPSA) is 20.2 Å². The Kier molecular flexibility index (Phi) is 3.01. The second-order valence-corrected chi connectivity index (χ2v) is 4.21. The van der Waals surface area contributed by atoms with Gasteiger partial charge in [-0.3, -0.25) is 0 Å². The molecule has 0 saturated heterocycles. The van der Waals surface area contributed by atoms with Gasteiger partial charge in [-0.15, -0.1) is 0 Å². The molecule has 0 aliphatic carbocycles. The zero-order valence-corrected chi connectivity index (χ0v) is 10.0. The Hall–Kier alpha value is -0.820. The highest BCUT2D eigenvalue weighted by atomic mass is 16.3. The van der Waals surface area contributed by atoms with Crippen LogP contribution in [0, 0.1) is 34.6 Å². The number of benzene rings is 1. The summed E-state index contributed by atoms with van der Waals surface area (Å²) in [5, 5.41) is 9.73. The molecule has 0 aliphatic rings. The van der Waals surface area contributed by atoms with E-state index in [1.165, 1.54) is 27.8 Å². The first-order valence-corrected chi connectivity index (χ1v) is 5.12. The van der Waals surface area contributed by atoms with Crippen LogP contribution >= 0.6 is 0 Å². The van der Waals surface area contributed by atoms with E-state index in [9.17, 15) is 5.11 Å². The molecule has 1 atom stereocenters. The molecule has 0 unspecified atom stereocenters. The third-order valence-corrected chi connectivity index (χ3v) is 3.48. The molecule has 0 aliphatic heterocycles. The molecular formula is C13H20O. The summed E-state index contributed by atoms with van der Waals surface area (Å²) in [5.41, 5.74) is 7.55. The van der Waals surface area contributed by atoms with Gasteiger partial charge in [0.05, 0.1) is 6.10 Å². The van der Waals surface area contributed by atoms with Crippen LogP contribution in [0.5, 0.6) is 0 Å². The van der Waals surface area contributed by atoms with Gasteiger partial charge in [-0.25, -0.2) is 0 Å². The largest absolute Gasteiger partial charge is 0.389 e. The van der Waals surface area contributed by atoms with Crippen LogP contribution in [-0.4, -0.2) is 5.11 Å². The SMILES string of the molecule is Cc1c(C)c(C)c([C@@H](C)O)c(C)c1C. The van der Waals surface area contributed by atoms with E-state index in [0.717, 1.165) is 5.56 Å². The van der Waals surface area contributed by atoms with E-state index >= 15 is 0 Å². The van der Waals surface area contributed by atoms with Gasteiger partial charge in [0.2, 0.25) is 0 Å². The normalized spacial score (nSPS) is 13.1. The lowest BCUT2D eigenvalue weighted by Gasteiger charge is -2.20. The molecule has 0 fully saturated rings. The maximum absolute atomic E-state index is 9.73. The maximum atomic E-state index is 9.73. The average molecular weight is 192 g/mol. The van der Waals surface area contributed by atoms with Crippen LogP contribution in [0.2, 0.25) is 0 Å². The molecule has 1 aromatic rings. The summed E-state index contributed by atoms with van der Waals surface area (Å²) in [5.74, 6) is 0. The number of hydrogen-bond donors (Lipinski definition) is 1. The van der Waals surface area contributed by atoms with Gasteiger partial charge in [-0.1, -0.05) is 0 Å². The predicted octanol–water partition coefficient (Wildman–Crippen LogP) is 3.28. The summed E-state index contributed by atoms with van der Waals surface area (Å²) < 4.78 is 0. The van der Waals surface area contributed by atoms with Crippen molar-refractivity contribution in [1.29, 1.82) is 0 Å². The minimum absolute atomic E-state index is 0.368. The summed E-state index contributed by atoms with van der Waals surface area (Å²) >= 11 is 0. The lowest BCUT2D eigenvalue weighted by molar-refractivity contribution is 0.197. The lowest BCUT2D eigenvalue weighted by atomic mass is 9.87. The second-order valence-electron chi connectivity index (χ2n) is 4.21. The zero-order chi connectivity index (χ0) is 11.0. The van der Waals surface area contributed by atoms with Gasteiger partial charge >= 0.3 is 0 Å². The smallest absolute Gasteiger partial charge is 0.0767 e. The first-order chi connectivity index (χ1) is 6.37. The number of aliphatic hydroxyl groups is 1. The minimum atomic E-state index is -0.368. The van der Waals surface area contributed by atoms with Crippen molar-refractivity contribution in [2.75, 3.05) is 0 Å². The Morgan fingerprint density at radius 1 is 0.714 bits per heavy atom. The van der Waals surface area contributed by atoms with Crippen molar-refractivity contribution in [2.24, 2.45) is 0 Å². The van der Waals surface area contributed by atoms with Crippen LogP contribution in [0.25, 0.3) is 0 Å². The Bertz CT molecular complexity index is 333. The molecule has 0 bridgehead atoms. The predicted molar refractivity (Wildman–Crippen MR) is 60.8 cm³/mol. The highest BCUT2D eigenvalue weighted by molar-refractivity contribution is 5.50. The van der Waals surface area contributed by atoms with Gasteiger partial charge in [0.25, 0.3) is 0 Å². The summed E-state index contributed by atoms with van der Waals surface area (Å²) in [6.07, 6.45) is -0.368. The van der Waals surface area contributed by atoms with Gasteiger partial charge in [0, 0.05) is 0 Å². The fraction of sp³-hybridized carbons (Fsp3) is 0.538. The highest BCUT2D eigenvalue weighted by Gasteiger charge is 2.14. The quantitative estimate of drug-likeness (QED) is 0.724. The molecule has 1 heteroatoms. The van der Waals surface area contributed by atoms with Crippen molar-refractivity contribution in [1.82, 2.24) is 0 Å². The number of hydrogen-bond acceptors (Lipinski definition) is 1. The van der Waals surface area contributed by atoms with Crippen LogP contribution in [0.3, 0.4) is 0 Å². The van der Waals surface area contributed by atoms with Crippen molar-refractivity contribution in [3.05, 3.63) is 33.4 Å². The van der Waals surface area contributed by atoms with Crippen LogP contribution < -0.4 is 0 Å². The molecule has 0 amide bonds. The van der Waals surface area contributed by atoms with E-state index in [1.807, 2.05) is 6.92 Å². The monoisotopic (exact) mass is 192 g/mol. The molecule has 14 heavy (non-hydrogen) atoms. The third kappa shape index (κ3) is 1.57. The number of rotatable bonds is 1. The molecule has 1 rings (SSSR count). The lowest BCUT2D eigenvalue weighted by Crippen LogP contribution is -2.05. The van der Waals surface area contributed by atoms with Crippen molar-refractivity contribution < 1.29 is 5.11 Å². The third-order valence-electron chi connectivity index (χ3n) is 3.48. The van der Waals surface area contributed by atoms with Gasteiger partial charge in [-0.05, 0) is 74.9 Å². The standard InChI is InChI=1S/C13H20O/c1-7-8(2)10(4)13(12(6)14)11(5)9(7)3/h12,14H,1-6H3/t12-/m1/s1. The summed E-state index contributed by atoms with van der Waals surface area (Å²) in [6, 6.07) is 0. The molecule has 0 radical (unpaired) electrons. The molecule has 0 heterocycles. The molecule has 1 aromatic carbocycles. The Morgan fingerprint density at radius 3 is 1.29 bits per heavy atom. The van der Waals surface area contributed by atoms with Crippen molar-refractivity contribution in [2.45, 2.75) is 47.6 Å². The van der Waals surface area contributed by atoms with E-state index in [4.69, 9.17) is 0 Å². The minimum Gasteiger partial charge on any atom is -0.389 e. The highest BCUT2D eigenvalue weighted by Crippen LogP contribution is 2.29. The molecular weight excluding hydrogens is 172 g/mol. The van der Waals surface area contributed by atoms with E-state index in [0.29, 0.717) is 0 Å².